The summed E-state index contributed by atoms with van der Waals surface area (Å²) in [6.45, 7) is 5.65. The van der Waals surface area contributed by atoms with Gasteiger partial charge in [0.15, 0.2) is 0 Å². The van der Waals surface area contributed by atoms with E-state index in [1.165, 1.54) is 19.3 Å². The van der Waals surface area contributed by atoms with Gasteiger partial charge in [0, 0.05) is 17.3 Å². The second kappa shape index (κ2) is 5.91. The van der Waals surface area contributed by atoms with Gasteiger partial charge < -0.3 is 9.64 Å². The maximum atomic E-state index is 12.8. The number of ether oxygens (including phenoxy) is 1. The highest BCUT2D eigenvalue weighted by molar-refractivity contribution is 9.09. The van der Waals surface area contributed by atoms with Gasteiger partial charge in [-0.15, -0.1) is 0 Å². The highest BCUT2D eigenvalue weighted by atomic mass is 79.9. The summed E-state index contributed by atoms with van der Waals surface area (Å²) in [5, 5.41) is 0.806. The van der Waals surface area contributed by atoms with Crippen molar-refractivity contribution in [2.75, 3.05) is 18.5 Å². The van der Waals surface area contributed by atoms with Gasteiger partial charge in [0.25, 0.3) is 0 Å². The van der Waals surface area contributed by atoms with Crippen molar-refractivity contribution < 1.29 is 9.53 Å². The highest BCUT2D eigenvalue weighted by Crippen LogP contribution is 2.38. The van der Waals surface area contributed by atoms with Gasteiger partial charge in [-0.3, -0.25) is 4.79 Å². The average Bonchev–Trinajstić information content (AvgIpc) is 2.39. The SMILES string of the molecule is CC1COC(CBr)CN1C(=O)C1(C)CCCCC1. The maximum absolute atomic E-state index is 12.8. The second-order valence-electron chi connectivity index (χ2n) is 6.04. The zero-order valence-electron chi connectivity index (χ0n) is 11.5. The van der Waals surface area contributed by atoms with Crippen LogP contribution >= 0.6 is 15.9 Å². The van der Waals surface area contributed by atoms with Gasteiger partial charge >= 0.3 is 0 Å². The van der Waals surface area contributed by atoms with Crippen LogP contribution in [0.25, 0.3) is 0 Å². The first-order valence-electron chi connectivity index (χ1n) is 7.05. The molecule has 4 heteroatoms. The van der Waals surface area contributed by atoms with Gasteiger partial charge in [0.05, 0.1) is 18.8 Å². The normalized spacial score (nSPS) is 32.3. The van der Waals surface area contributed by atoms with Crippen LogP contribution < -0.4 is 0 Å². The van der Waals surface area contributed by atoms with Crippen LogP contribution in [-0.4, -0.2) is 41.4 Å². The van der Waals surface area contributed by atoms with Crippen LogP contribution in [0, 0.1) is 5.41 Å². The van der Waals surface area contributed by atoms with Crippen LogP contribution in [0.4, 0.5) is 0 Å². The van der Waals surface area contributed by atoms with Crippen molar-refractivity contribution in [2.45, 2.75) is 58.1 Å². The zero-order chi connectivity index (χ0) is 13.2. The number of hydrogen-bond donors (Lipinski definition) is 0. The molecule has 1 saturated carbocycles. The quantitative estimate of drug-likeness (QED) is 0.733. The lowest BCUT2D eigenvalue weighted by Crippen LogP contribution is -2.55. The van der Waals surface area contributed by atoms with E-state index in [-0.39, 0.29) is 17.6 Å². The van der Waals surface area contributed by atoms with E-state index >= 15 is 0 Å². The van der Waals surface area contributed by atoms with Crippen molar-refractivity contribution in [3.05, 3.63) is 0 Å². The summed E-state index contributed by atoms with van der Waals surface area (Å²) in [6, 6.07) is 0.214. The molecule has 1 aliphatic heterocycles. The number of carbonyl (C=O) groups is 1. The minimum absolute atomic E-state index is 0.124. The molecular weight excluding hydrogens is 294 g/mol. The Morgan fingerprint density at radius 1 is 1.39 bits per heavy atom. The van der Waals surface area contributed by atoms with Crippen molar-refractivity contribution in [1.29, 1.82) is 0 Å². The van der Waals surface area contributed by atoms with Gasteiger partial charge in [0.1, 0.15) is 0 Å². The molecule has 0 aromatic carbocycles. The van der Waals surface area contributed by atoms with Gasteiger partial charge in [-0.05, 0) is 19.8 Å². The summed E-state index contributed by atoms with van der Waals surface area (Å²) in [4.78, 5) is 14.9. The third-order valence-corrected chi connectivity index (χ3v) is 5.13. The fourth-order valence-corrected chi connectivity index (χ4v) is 3.48. The van der Waals surface area contributed by atoms with Crippen molar-refractivity contribution in [1.82, 2.24) is 4.90 Å². The van der Waals surface area contributed by atoms with Crippen LogP contribution in [-0.2, 0) is 9.53 Å². The number of alkyl halides is 1. The van der Waals surface area contributed by atoms with Crippen LogP contribution in [0.5, 0.6) is 0 Å². The second-order valence-corrected chi connectivity index (χ2v) is 6.68. The van der Waals surface area contributed by atoms with E-state index in [2.05, 4.69) is 34.7 Å². The number of nitrogens with zero attached hydrogens (tertiary/aromatic N) is 1. The lowest BCUT2D eigenvalue weighted by atomic mass is 9.74. The molecule has 1 saturated heterocycles. The summed E-state index contributed by atoms with van der Waals surface area (Å²) >= 11 is 3.45. The number of morpholine rings is 1. The molecule has 1 amide bonds. The number of amides is 1. The van der Waals surface area contributed by atoms with Crippen molar-refractivity contribution in [3.8, 4) is 0 Å². The van der Waals surface area contributed by atoms with E-state index in [4.69, 9.17) is 4.74 Å². The van der Waals surface area contributed by atoms with Crippen molar-refractivity contribution in [3.63, 3.8) is 0 Å². The molecule has 0 spiro atoms. The summed E-state index contributed by atoms with van der Waals surface area (Å²) in [7, 11) is 0. The number of carbonyl (C=O) groups excluding carboxylic acids is 1. The molecule has 0 aromatic rings. The Bertz CT molecular complexity index is 302. The third kappa shape index (κ3) is 2.90. The zero-order valence-corrected chi connectivity index (χ0v) is 13.0. The molecule has 2 unspecified atom stereocenters. The minimum Gasteiger partial charge on any atom is -0.373 e. The molecule has 2 fully saturated rings. The van der Waals surface area contributed by atoms with Gasteiger partial charge in [-0.1, -0.05) is 42.1 Å². The molecule has 104 valence electrons. The maximum Gasteiger partial charge on any atom is 0.228 e. The molecule has 2 rings (SSSR count). The summed E-state index contributed by atoms with van der Waals surface area (Å²) < 4.78 is 5.70. The first-order chi connectivity index (χ1) is 8.57. The molecule has 0 N–H and O–H groups in total. The van der Waals surface area contributed by atoms with Crippen molar-refractivity contribution >= 4 is 21.8 Å². The van der Waals surface area contributed by atoms with E-state index < -0.39 is 0 Å². The number of halogens is 1. The van der Waals surface area contributed by atoms with E-state index in [0.717, 1.165) is 24.7 Å². The molecule has 2 aliphatic rings. The van der Waals surface area contributed by atoms with E-state index in [9.17, 15) is 4.79 Å². The van der Waals surface area contributed by atoms with Crippen LogP contribution in [0.3, 0.4) is 0 Å². The number of hydrogen-bond acceptors (Lipinski definition) is 2. The largest absolute Gasteiger partial charge is 0.373 e. The lowest BCUT2D eigenvalue weighted by Gasteiger charge is -2.43. The smallest absolute Gasteiger partial charge is 0.228 e. The first kappa shape index (κ1) is 14.3. The number of rotatable bonds is 2. The van der Waals surface area contributed by atoms with Crippen LogP contribution in [0.2, 0.25) is 0 Å². The Hall–Kier alpha value is -0.0900. The average molecular weight is 318 g/mol. The van der Waals surface area contributed by atoms with Gasteiger partial charge in [0.2, 0.25) is 5.91 Å². The molecule has 0 radical (unpaired) electrons. The standard InChI is InChI=1S/C14H24BrNO2/c1-11-10-18-12(8-15)9-16(11)13(17)14(2)6-4-3-5-7-14/h11-12H,3-10H2,1-2H3. The van der Waals surface area contributed by atoms with Crippen LogP contribution in [0.1, 0.15) is 46.0 Å². The Labute approximate surface area is 118 Å². The van der Waals surface area contributed by atoms with Gasteiger partial charge in [-0.2, -0.15) is 0 Å². The Balaban J connectivity index is 2.06. The Morgan fingerprint density at radius 2 is 2.06 bits per heavy atom. The third-order valence-electron chi connectivity index (χ3n) is 4.41. The molecule has 0 aromatic heterocycles. The monoisotopic (exact) mass is 317 g/mol. The fraction of sp³-hybridized carbons (Fsp3) is 0.929. The summed E-state index contributed by atoms with van der Waals surface area (Å²) in [6.07, 6.45) is 5.93. The van der Waals surface area contributed by atoms with E-state index in [1.807, 2.05) is 0 Å². The predicted octanol–water partition coefficient (Wildman–Crippen LogP) is 2.97. The lowest BCUT2D eigenvalue weighted by molar-refractivity contribution is -0.154. The molecule has 1 heterocycles. The van der Waals surface area contributed by atoms with Gasteiger partial charge in [-0.25, -0.2) is 0 Å². The molecule has 2 atom stereocenters. The first-order valence-corrected chi connectivity index (χ1v) is 8.17. The topological polar surface area (TPSA) is 29.5 Å². The Morgan fingerprint density at radius 3 is 2.67 bits per heavy atom. The molecule has 1 aliphatic carbocycles. The predicted molar refractivity (Wildman–Crippen MR) is 75.9 cm³/mol. The molecular formula is C14H24BrNO2. The minimum atomic E-state index is -0.124. The molecule has 0 bridgehead atoms. The van der Waals surface area contributed by atoms with E-state index in [1.54, 1.807) is 0 Å². The molecule has 3 nitrogen and oxygen atoms in total. The summed E-state index contributed by atoms with van der Waals surface area (Å²) in [5.74, 6) is 0.351. The highest BCUT2D eigenvalue weighted by Gasteiger charge is 2.41. The summed E-state index contributed by atoms with van der Waals surface area (Å²) in [5.41, 5.74) is -0.124. The van der Waals surface area contributed by atoms with Crippen molar-refractivity contribution in [2.24, 2.45) is 5.41 Å². The molecule has 18 heavy (non-hydrogen) atoms. The Kier molecular flexibility index (Phi) is 4.70. The van der Waals surface area contributed by atoms with Crippen LogP contribution in [0.15, 0.2) is 0 Å². The fourth-order valence-electron chi connectivity index (χ4n) is 3.09. The van der Waals surface area contributed by atoms with E-state index in [0.29, 0.717) is 12.5 Å².